The van der Waals surface area contributed by atoms with Gasteiger partial charge in [-0.2, -0.15) is 5.10 Å². The Morgan fingerprint density at radius 3 is 2.52 bits per heavy atom. The number of halogens is 2. The molecule has 0 spiro atoms. The van der Waals surface area contributed by atoms with Gasteiger partial charge >= 0.3 is 0 Å². The first-order chi connectivity index (χ1) is 13.0. The summed E-state index contributed by atoms with van der Waals surface area (Å²) in [4.78, 5) is 10.9. The van der Waals surface area contributed by atoms with E-state index in [1.54, 1.807) is 18.6 Å². The van der Waals surface area contributed by atoms with Crippen LogP contribution in [0.5, 0.6) is 0 Å². The molecule has 0 aliphatic carbocycles. The van der Waals surface area contributed by atoms with Crippen molar-refractivity contribution in [1.82, 2.24) is 19.7 Å². The molecule has 0 unspecified atom stereocenters. The van der Waals surface area contributed by atoms with Crippen molar-refractivity contribution < 1.29 is 0 Å². The van der Waals surface area contributed by atoms with E-state index in [0.29, 0.717) is 10.0 Å². The zero-order valence-electron chi connectivity index (χ0n) is 15.1. The molecule has 0 radical (unpaired) electrons. The van der Waals surface area contributed by atoms with E-state index >= 15 is 0 Å². The van der Waals surface area contributed by atoms with E-state index < -0.39 is 0 Å². The Hall–Kier alpha value is -2.63. The molecule has 0 aliphatic rings. The highest BCUT2D eigenvalue weighted by Gasteiger charge is 2.16. The van der Waals surface area contributed by atoms with Crippen LogP contribution in [0.25, 0.3) is 16.7 Å². The number of nitrogens with zero attached hydrogens (tertiary/aromatic N) is 5. The van der Waals surface area contributed by atoms with Gasteiger partial charge in [-0.1, -0.05) is 40.9 Å². The molecule has 0 saturated heterocycles. The molecule has 7 heteroatoms. The molecule has 4 aromatic rings. The van der Waals surface area contributed by atoms with Crippen LogP contribution in [-0.4, -0.2) is 26.8 Å². The number of aryl methyl sites for hydroxylation is 2. The Kier molecular flexibility index (Phi) is 4.50. The average molecular weight is 398 g/mol. The van der Waals surface area contributed by atoms with E-state index in [2.05, 4.69) is 47.1 Å². The van der Waals surface area contributed by atoms with Gasteiger partial charge in [0.05, 0.1) is 27.3 Å². The molecular formula is C20H17Cl2N5. The zero-order valence-corrected chi connectivity index (χ0v) is 16.6. The van der Waals surface area contributed by atoms with Gasteiger partial charge in [0.15, 0.2) is 5.65 Å². The van der Waals surface area contributed by atoms with Gasteiger partial charge in [-0.25, -0.2) is 14.6 Å². The van der Waals surface area contributed by atoms with Crippen LogP contribution in [0.15, 0.2) is 48.9 Å². The molecule has 27 heavy (non-hydrogen) atoms. The van der Waals surface area contributed by atoms with Crippen LogP contribution in [0.4, 0.5) is 11.5 Å². The summed E-state index contributed by atoms with van der Waals surface area (Å²) in [6.45, 7) is 4.14. The van der Waals surface area contributed by atoms with Crippen molar-refractivity contribution in [1.29, 1.82) is 0 Å². The smallest absolute Gasteiger partial charge is 0.168 e. The molecule has 0 fully saturated rings. The van der Waals surface area contributed by atoms with Crippen molar-refractivity contribution in [2.75, 3.05) is 11.9 Å². The maximum absolute atomic E-state index is 6.17. The minimum Gasteiger partial charge on any atom is -0.329 e. The van der Waals surface area contributed by atoms with Crippen molar-refractivity contribution in [2.24, 2.45) is 0 Å². The normalized spacial score (nSPS) is 11.1. The SMILES string of the molecule is Cc1ccc(-n2ncc3c(N(C)c4ccc(Cl)c(Cl)c4)ncnc32)c(C)c1. The third kappa shape index (κ3) is 3.13. The fourth-order valence-electron chi connectivity index (χ4n) is 3.13. The van der Waals surface area contributed by atoms with Crippen molar-refractivity contribution in [2.45, 2.75) is 13.8 Å². The summed E-state index contributed by atoms with van der Waals surface area (Å²) in [7, 11) is 1.93. The lowest BCUT2D eigenvalue weighted by Crippen LogP contribution is -2.12. The van der Waals surface area contributed by atoms with Gasteiger partial charge in [-0.05, 0) is 43.7 Å². The summed E-state index contributed by atoms with van der Waals surface area (Å²) < 4.78 is 1.85. The molecule has 4 rings (SSSR count). The summed E-state index contributed by atoms with van der Waals surface area (Å²) in [6.07, 6.45) is 3.34. The quantitative estimate of drug-likeness (QED) is 0.457. The van der Waals surface area contributed by atoms with Gasteiger partial charge in [-0.3, -0.25) is 0 Å². The van der Waals surface area contributed by atoms with Crippen LogP contribution in [0.1, 0.15) is 11.1 Å². The first-order valence-electron chi connectivity index (χ1n) is 8.41. The van der Waals surface area contributed by atoms with E-state index in [4.69, 9.17) is 23.2 Å². The second-order valence-electron chi connectivity index (χ2n) is 6.44. The lowest BCUT2D eigenvalue weighted by atomic mass is 10.1. The molecule has 136 valence electrons. The average Bonchev–Trinajstić information content (AvgIpc) is 3.07. The van der Waals surface area contributed by atoms with Gasteiger partial charge in [-0.15, -0.1) is 0 Å². The van der Waals surface area contributed by atoms with Crippen molar-refractivity contribution in [3.63, 3.8) is 0 Å². The molecule has 0 N–H and O–H groups in total. The van der Waals surface area contributed by atoms with Crippen LogP contribution >= 0.6 is 23.2 Å². The highest BCUT2D eigenvalue weighted by Crippen LogP contribution is 2.33. The molecule has 2 aromatic heterocycles. The molecule has 2 heterocycles. The lowest BCUT2D eigenvalue weighted by Gasteiger charge is -2.19. The van der Waals surface area contributed by atoms with Gasteiger partial charge in [0.25, 0.3) is 0 Å². The number of hydrogen-bond donors (Lipinski definition) is 0. The molecular weight excluding hydrogens is 381 g/mol. The molecule has 0 amide bonds. The first-order valence-corrected chi connectivity index (χ1v) is 9.16. The third-order valence-corrected chi connectivity index (χ3v) is 5.27. The summed E-state index contributed by atoms with van der Waals surface area (Å²) in [5.74, 6) is 0.745. The topological polar surface area (TPSA) is 46.8 Å². The van der Waals surface area contributed by atoms with E-state index in [1.807, 2.05) is 28.8 Å². The molecule has 0 atom stereocenters. The fourth-order valence-corrected chi connectivity index (χ4v) is 3.43. The molecule has 2 aromatic carbocycles. The van der Waals surface area contributed by atoms with Crippen LogP contribution < -0.4 is 4.90 Å². The summed E-state index contributed by atoms with van der Waals surface area (Å²) in [6, 6.07) is 11.7. The van der Waals surface area contributed by atoms with Gasteiger partial charge in [0.1, 0.15) is 12.1 Å². The Morgan fingerprint density at radius 1 is 0.963 bits per heavy atom. The van der Waals surface area contributed by atoms with Gasteiger partial charge in [0, 0.05) is 12.7 Å². The monoisotopic (exact) mass is 397 g/mol. The van der Waals surface area contributed by atoms with E-state index in [9.17, 15) is 0 Å². The number of fused-ring (bicyclic) bond motifs is 1. The lowest BCUT2D eigenvalue weighted by molar-refractivity contribution is 0.886. The fraction of sp³-hybridized carbons (Fsp3) is 0.150. The second-order valence-corrected chi connectivity index (χ2v) is 7.25. The number of anilines is 2. The molecule has 5 nitrogen and oxygen atoms in total. The maximum Gasteiger partial charge on any atom is 0.168 e. The third-order valence-electron chi connectivity index (χ3n) is 4.53. The standard InChI is InChI=1S/C20H17Cl2N5/c1-12-4-7-18(13(2)8-12)27-20-15(10-25-27)19(23-11-24-20)26(3)14-5-6-16(21)17(22)9-14/h4-11H,1-3H3. The highest BCUT2D eigenvalue weighted by atomic mass is 35.5. The molecule has 0 saturated carbocycles. The largest absolute Gasteiger partial charge is 0.329 e. The van der Waals surface area contributed by atoms with E-state index in [-0.39, 0.29) is 0 Å². The van der Waals surface area contributed by atoms with E-state index in [1.165, 1.54) is 5.56 Å². The van der Waals surface area contributed by atoms with Gasteiger partial charge in [0.2, 0.25) is 0 Å². The predicted molar refractivity (Wildman–Crippen MR) is 111 cm³/mol. The van der Waals surface area contributed by atoms with Crippen molar-refractivity contribution in [3.8, 4) is 5.69 Å². The van der Waals surface area contributed by atoms with Crippen molar-refractivity contribution >= 4 is 45.7 Å². The van der Waals surface area contributed by atoms with Crippen LogP contribution in [0.2, 0.25) is 10.0 Å². The van der Waals surface area contributed by atoms with Crippen LogP contribution in [0, 0.1) is 13.8 Å². The second kappa shape index (κ2) is 6.83. The number of aromatic nitrogens is 4. The highest BCUT2D eigenvalue weighted by molar-refractivity contribution is 6.42. The van der Waals surface area contributed by atoms with E-state index in [0.717, 1.165) is 33.8 Å². The first kappa shape index (κ1) is 17.8. The summed E-state index contributed by atoms with van der Waals surface area (Å²) in [5.41, 5.74) is 4.97. The van der Waals surface area contributed by atoms with Crippen molar-refractivity contribution in [3.05, 3.63) is 70.1 Å². The maximum atomic E-state index is 6.17. The predicted octanol–water partition coefficient (Wildman–Crippen LogP) is 5.51. The Morgan fingerprint density at radius 2 is 1.78 bits per heavy atom. The number of hydrogen-bond acceptors (Lipinski definition) is 4. The number of benzene rings is 2. The zero-order chi connectivity index (χ0) is 19.1. The summed E-state index contributed by atoms with van der Waals surface area (Å²) in [5, 5.41) is 6.43. The van der Waals surface area contributed by atoms with Gasteiger partial charge < -0.3 is 4.90 Å². The molecule has 0 bridgehead atoms. The Bertz CT molecular complexity index is 1150. The molecule has 0 aliphatic heterocycles. The minimum atomic E-state index is 0.497. The van der Waals surface area contributed by atoms with Crippen LogP contribution in [-0.2, 0) is 0 Å². The summed E-state index contributed by atoms with van der Waals surface area (Å²) >= 11 is 12.2. The Balaban J connectivity index is 1.84. The number of rotatable bonds is 3. The Labute approximate surface area is 167 Å². The minimum absolute atomic E-state index is 0.497. The van der Waals surface area contributed by atoms with Crippen LogP contribution in [0.3, 0.4) is 0 Å².